The molecule has 0 radical (unpaired) electrons. The van der Waals surface area contributed by atoms with Crippen LogP contribution in [-0.2, 0) is 0 Å². The van der Waals surface area contributed by atoms with Gasteiger partial charge < -0.3 is 10.6 Å². The van der Waals surface area contributed by atoms with E-state index in [1.807, 2.05) is 25.3 Å². The van der Waals surface area contributed by atoms with E-state index in [0.29, 0.717) is 17.3 Å². The summed E-state index contributed by atoms with van der Waals surface area (Å²) >= 11 is 0. The summed E-state index contributed by atoms with van der Waals surface area (Å²) in [6.07, 6.45) is 5.89. The second-order valence-corrected chi connectivity index (χ2v) is 6.57. The lowest BCUT2D eigenvalue weighted by atomic mass is 10.1. The maximum Gasteiger partial charge on any atom is 0.132 e. The third-order valence-corrected chi connectivity index (χ3v) is 4.46. The first-order valence-corrected chi connectivity index (χ1v) is 9.10. The smallest absolute Gasteiger partial charge is 0.132 e. The van der Waals surface area contributed by atoms with Crippen LogP contribution in [0.1, 0.15) is 36.8 Å². The molecule has 0 aliphatic heterocycles. The van der Waals surface area contributed by atoms with Crippen LogP contribution >= 0.6 is 0 Å². The summed E-state index contributed by atoms with van der Waals surface area (Å²) in [5.74, 6) is 2.80. The normalized spacial score (nSPS) is 13.0. The molecule has 0 spiro atoms. The Morgan fingerprint density at radius 2 is 1.96 bits per heavy atom. The topological polar surface area (TPSA) is 86.5 Å². The lowest BCUT2D eigenvalue weighted by molar-refractivity contribution is 1.11. The highest BCUT2D eigenvalue weighted by atomic mass is 15.1. The van der Waals surface area contributed by atoms with Gasteiger partial charge >= 0.3 is 0 Å². The van der Waals surface area contributed by atoms with Crippen LogP contribution < -0.4 is 10.6 Å². The van der Waals surface area contributed by atoms with Gasteiger partial charge in [0.2, 0.25) is 0 Å². The molecule has 0 amide bonds. The molecule has 27 heavy (non-hydrogen) atoms. The first-order chi connectivity index (χ1) is 13.2. The van der Waals surface area contributed by atoms with Crippen LogP contribution in [0, 0.1) is 11.3 Å². The standard InChI is InChI=1S/C21H20N6/c1-2-23-19-6-5-16(13-25-19)18-10-17(15-3-4-15)11-21(26-18)27-20-9-14(12-22)7-8-24-20/h5-11,13,15H,2-4H2,1H3,(H,23,25)(H,24,26,27). The number of hydrogen-bond acceptors (Lipinski definition) is 6. The largest absolute Gasteiger partial charge is 0.370 e. The Balaban J connectivity index is 1.66. The van der Waals surface area contributed by atoms with Gasteiger partial charge in [0.25, 0.3) is 0 Å². The van der Waals surface area contributed by atoms with Gasteiger partial charge in [0.05, 0.1) is 17.3 Å². The fourth-order valence-corrected chi connectivity index (χ4v) is 2.95. The van der Waals surface area contributed by atoms with E-state index in [1.54, 1.807) is 18.3 Å². The van der Waals surface area contributed by atoms with Crippen molar-refractivity contribution in [2.75, 3.05) is 17.2 Å². The number of rotatable bonds is 6. The van der Waals surface area contributed by atoms with E-state index < -0.39 is 0 Å². The summed E-state index contributed by atoms with van der Waals surface area (Å²) in [7, 11) is 0. The Hall–Kier alpha value is -3.46. The van der Waals surface area contributed by atoms with Crippen molar-refractivity contribution in [1.82, 2.24) is 15.0 Å². The molecule has 3 heterocycles. The van der Waals surface area contributed by atoms with Crippen molar-refractivity contribution in [2.24, 2.45) is 0 Å². The maximum atomic E-state index is 9.07. The van der Waals surface area contributed by atoms with E-state index in [4.69, 9.17) is 10.2 Å². The van der Waals surface area contributed by atoms with Crippen molar-refractivity contribution >= 4 is 17.5 Å². The summed E-state index contributed by atoms with van der Waals surface area (Å²) in [4.78, 5) is 13.5. The molecule has 0 aromatic carbocycles. The lowest BCUT2D eigenvalue weighted by Gasteiger charge is -2.11. The molecule has 1 fully saturated rings. The number of nitriles is 1. The molecule has 2 N–H and O–H groups in total. The number of pyridine rings is 3. The van der Waals surface area contributed by atoms with Crippen molar-refractivity contribution in [2.45, 2.75) is 25.7 Å². The molecule has 6 heteroatoms. The molecular weight excluding hydrogens is 336 g/mol. The van der Waals surface area contributed by atoms with Gasteiger partial charge in [-0.05, 0) is 67.6 Å². The molecular formula is C21H20N6. The quantitative estimate of drug-likeness (QED) is 0.678. The van der Waals surface area contributed by atoms with Crippen LogP contribution in [0.3, 0.4) is 0 Å². The van der Waals surface area contributed by atoms with E-state index >= 15 is 0 Å². The van der Waals surface area contributed by atoms with Crippen LogP contribution in [0.4, 0.5) is 17.5 Å². The minimum atomic E-state index is 0.564. The molecule has 3 aromatic rings. The fourth-order valence-electron chi connectivity index (χ4n) is 2.95. The Morgan fingerprint density at radius 1 is 1.07 bits per heavy atom. The number of aromatic nitrogens is 3. The van der Waals surface area contributed by atoms with Gasteiger partial charge in [0, 0.05) is 24.5 Å². The third-order valence-electron chi connectivity index (χ3n) is 4.46. The Bertz CT molecular complexity index is 986. The zero-order valence-electron chi connectivity index (χ0n) is 15.1. The average molecular weight is 356 g/mol. The molecule has 134 valence electrons. The SMILES string of the molecule is CCNc1ccc(-c2cc(C3CC3)cc(Nc3cc(C#N)ccn3)n2)cn1. The minimum Gasteiger partial charge on any atom is -0.370 e. The van der Waals surface area contributed by atoms with Crippen molar-refractivity contribution in [3.63, 3.8) is 0 Å². The lowest BCUT2D eigenvalue weighted by Crippen LogP contribution is -2.00. The van der Waals surface area contributed by atoms with Gasteiger partial charge in [0.15, 0.2) is 0 Å². The summed E-state index contributed by atoms with van der Waals surface area (Å²) in [5.41, 5.74) is 3.69. The van der Waals surface area contributed by atoms with Crippen LogP contribution in [0.5, 0.6) is 0 Å². The third kappa shape index (κ3) is 4.04. The molecule has 0 bridgehead atoms. The highest BCUT2D eigenvalue weighted by molar-refractivity contribution is 5.65. The monoisotopic (exact) mass is 356 g/mol. The highest BCUT2D eigenvalue weighted by Crippen LogP contribution is 2.42. The van der Waals surface area contributed by atoms with Crippen molar-refractivity contribution < 1.29 is 0 Å². The van der Waals surface area contributed by atoms with E-state index in [1.165, 1.54) is 18.4 Å². The molecule has 1 saturated carbocycles. The minimum absolute atomic E-state index is 0.564. The maximum absolute atomic E-state index is 9.07. The summed E-state index contributed by atoms with van der Waals surface area (Å²) in [6, 6.07) is 13.7. The first-order valence-electron chi connectivity index (χ1n) is 9.10. The molecule has 0 atom stereocenters. The molecule has 3 aromatic heterocycles. The van der Waals surface area contributed by atoms with Gasteiger partial charge in [0.1, 0.15) is 17.5 Å². The number of nitrogens with one attached hydrogen (secondary N) is 2. The van der Waals surface area contributed by atoms with E-state index in [-0.39, 0.29) is 0 Å². The highest BCUT2D eigenvalue weighted by Gasteiger charge is 2.25. The van der Waals surface area contributed by atoms with Crippen molar-refractivity contribution in [3.8, 4) is 17.3 Å². The van der Waals surface area contributed by atoms with Gasteiger partial charge in [-0.25, -0.2) is 15.0 Å². The summed E-state index contributed by atoms with van der Waals surface area (Å²) in [5, 5.41) is 15.5. The molecule has 1 aliphatic carbocycles. The Labute approximate surface area is 158 Å². The second-order valence-electron chi connectivity index (χ2n) is 6.57. The van der Waals surface area contributed by atoms with Gasteiger partial charge in [-0.2, -0.15) is 5.26 Å². The van der Waals surface area contributed by atoms with Gasteiger partial charge in [-0.1, -0.05) is 0 Å². The average Bonchev–Trinajstić information content (AvgIpc) is 3.54. The van der Waals surface area contributed by atoms with E-state index in [9.17, 15) is 0 Å². The van der Waals surface area contributed by atoms with Crippen molar-refractivity contribution in [1.29, 1.82) is 5.26 Å². The van der Waals surface area contributed by atoms with E-state index in [2.05, 4.69) is 38.8 Å². The Morgan fingerprint density at radius 3 is 2.67 bits per heavy atom. The zero-order valence-corrected chi connectivity index (χ0v) is 15.1. The summed E-state index contributed by atoms with van der Waals surface area (Å²) < 4.78 is 0. The van der Waals surface area contributed by atoms with Crippen LogP contribution in [0.2, 0.25) is 0 Å². The predicted octanol–water partition coefficient (Wildman–Crippen LogP) is 4.46. The number of anilines is 3. The van der Waals surface area contributed by atoms with Crippen LogP contribution in [0.25, 0.3) is 11.3 Å². The zero-order chi connectivity index (χ0) is 18.6. The number of hydrogen-bond donors (Lipinski definition) is 2. The number of nitrogens with zero attached hydrogens (tertiary/aromatic N) is 4. The molecule has 0 saturated heterocycles. The molecule has 4 rings (SSSR count). The molecule has 1 aliphatic rings. The molecule has 0 unspecified atom stereocenters. The van der Waals surface area contributed by atoms with Gasteiger partial charge in [-0.15, -0.1) is 0 Å². The Kier molecular flexibility index (Phi) is 4.67. The van der Waals surface area contributed by atoms with Crippen molar-refractivity contribution in [3.05, 3.63) is 59.9 Å². The van der Waals surface area contributed by atoms with Gasteiger partial charge in [-0.3, -0.25) is 0 Å². The predicted molar refractivity (Wildman–Crippen MR) is 106 cm³/mol. The second kappa shape index (κ2) is 7.42. The van der Waals surface area contributed by atoms with Crippen LogP contribution in [-0.4, -0.2) is 21.5 Å². The van der Waals surface area contributed by atoms with Crippen LogP contribution in [0.15, 0.2) is 48.8 Å². The summed E-state index contributed by atoms with van der Waals surface area (Å²) in [6.45, 7) is 2.88. The fraction of sp³-hybridized carbons (Fsp3) is 0.238. The molecule has 6 nitrogen and oxygen atoms in total. The first kappa shape index (κ1) is 17.0. The van der Waals surface area contributed by atoms with E-state index in [0.717, 1.165) is 29.4 Å².